The Bertz CT molecular complexity index is 297. The summed E-state index contributed by atoms with van der Waals surface area (Å²) in [5, 5.41) is 0. The first kappa shape index (κ1) is 12.6. The second-order valence-corrected chi connectivity index (χ2v) is 4.93. The highest BCUT2D eigenvalue weighted by atomic mass is 32.2. The quantitative estimate of drug-likeness (QED) is 0.587. The minimum atomic E-state index is 0.651. The number of benzene rings is 1. The maximum Gasteiger partial charge on any atom is 0.0189 e. The normalized spacial score (nSPS) is 10.6. The van der Waals surface area contributed by atoms with Gasteiger partial charge in [-0.1, -0.05) is 38.0 Å². The second kappa shape index (κ2) is 6.91. The average molecular weight is 223 g/mol. The predicted octanol–water partition coefficient (Wildman–Crippen LogP) is 3.74. The highest BCUT2D eigenvalue weighted by molar-refractivity contribution is 7.99. The Balaban J connectivity index is 2.58. The topological polar surface area (TPSA) is 26.0 Å². The van der Waals surface area contributed by atoms with Crippen LogP contribution < -0.4 is 5.73 Å². The molecule has 0 saturated carbocycles. The van der Waals surface area contributed by atoms with Crippen molar-refractivity contribution in [3.05, 3.63) is 29.3 Å². The van der Waals surface area contributed by atoms with E-state index in [4.69, 9.17) is 5.73 Å². The summed E-state index contributed by atoms with van der Waals surface area (Å²) in [6, 6.07) is 6.39. The third-order valence-electron chi connectivity index (χ3n) is 2.51. The fourth-order valence-electron chi connectivity index (χ4n) is 1.61. The van der Waals surface area contributed by atoms with E-state index in [0.29, 0.717) is 6.54 Å². The number of hydrogen-bond donors (Lipinski definition) is 1. The van der Waals surface area contributed by atoms with Gasteiger partial charge < -0.3 is 5.73 Å². The first-order valence-electron chi connectivity index (χ1n) is 5.71. The molecule has 0 unspecified atom stereocenters. The molecule has 0 saturated heterocycles. The van der Waals surface area contributed by atoms with Crippen LogP contribution in [0.4, 0.5) is 0 Å². The van der Waals surface area contributed by atoms with Crippen molar-refractivity contribution in [3.8, 4) is 0 Å². The molecule has 1 rings (SSSR count). The first-order chi connectivity index (χ1) is 7.29. The molecule has 0 atom stereocenters. The molecule has 2 heteroatoms. The number of nitrogens with two attached hydrogens (primary N) is 1. The van der Waals surface area contributed by atoms with E-state index in [1.807, 2.05) is 11.8 Å². The minimum Gasteiger partial charge on any atom is -0.326 e. The highest BCUT2D eigenvalue weighted by Gasteiger charge is 2.04. The lowest BCUT2D eigenvalue weighted by molar-refractivity contribution is 0.778. The predicted molar refractivity (Wildman–Crippen MR) is 69.3 cm³/mol. The molecule has 84 valence electrons. The summed E-state index contributed by atoms with van der Waals surface area (Å²) in [7, 11) is 0. The van der Waals surface area contributed by atoms with Crippen LogP contribution in [0.3, 0.4) is 0 Å². The molecule has 2 N–H and O–H groups in total. The summed E-state index contributed by atoms with van der Waals surface area (Å²) in [6.45, 7) is 5.06. The molecule has 0 bridgehead atoms. The van der Waals surface area contributed by atoms with E-state index in [9.17, 15) is 0 Å². The zero-order chi connectivity index (χ0) is 11.1. The molecule has 15 heavy (non-hydrogen) atoms. The van der Waals surface area contributed by atoms with E-state index in [-0.39, 0.29) is 0 Å². The van der Waals surface area contributed by atoms with Gasteiger partial charge in [0.1, 0.15) is 0 Å². The summed E-state index contributed by atoms with van der Waals surface area (Å²) in [4.78, 5) is 1.40. The van der Waals surface area contributed by atoms with Crippen molar-refractivity contribution in [2.45, 2.75) is 44.6 Å². The Kier molecular flexibility index (Phi) is 5.81. The van der Waals surface area contributed by atoms with E-state index in [0.717, 1.165) is 0 Å². The number of unbranched alkanes of at least 4 members (excludes halogenated alkanes) is 2. The van der Waals surface area contributed by atoms with Crippen molar-refractivity contribution < 1.29 is 0 Å². The van der Waals surface area contributed by atoms with Gasteiger partial charge in [-0.3, -0.25) is 0 Å². The molecule has 0 heterocycles. The summed E-state index contributed by atoms with van der Waals surface area (Å²) < 4.78 is 0. The van der Waals surface area contributed by atoms with Crippen LogP contribution in [0, 0.1) is 6.92 Å². The highest BCUT2D eigenvalue weighted by Crippen LogP contribution is 2.27. The molecular weight excluding hydrogens is 202 g/mol. The third-order valence-corrected chi connectivity index (χ3v) is 3.87. The van der Waals surface area contributed by atoms with Gasteiger partial charge in [0.05, 0.1) is 0 Å². The molecule has 0 spiro atoms. The third kappa shape index (κ3) is 3.88. The lowest BCUT2D eigenvalue weighted by atomic mass is 10.1. The van der Waals surface area contributed by atoms with Gasteiger partial charge in [-0.05, 0) is 30.2 Å². The van der Waals surface area contributed by atoms with Gasteiger partial charge in [0, 0.05) is 11.4 Å². The summed E-state index contributed by atoms with van der Waals surface area (Å²) in [5.74, 6) is 1.21. The van der Waals surface area contributed by atoms with E-state index < -0.39 is 0 Å². The SMILES string of the molecule is CCCCCSc1c(C)cccc1CN. The van der Waals surface area contributed by atoms with Crippen LogP contribution in [0.2, 0.25) is 0 Å². The van der Waals surface area contributed by atoms with Gasteiger partial charge >= 0.3 is 0 Å². The molecule has 0 fully saturated rings. The Morgan fingerprint density at radius 2 is 2.07 bits per heavy atom. The van der Waals surface area contributed by atoms with E-state index in [2.05, 4.69) is 32.0 Å². The molecule has 1 aromatic carbocycles. The van der Waals surface area contributed by atoms with Gasteiger partial charge in [-0.15, -0.1) is 11.8 Å². The molecule has 1 nitrogen and oxygen atoms in total. The zero-order valence-corrected chi connectivity index (χ0v) is 10.6. The fraction of sp³-hybridized carbons (Fsp3) is 0.538. The largest absolute Gasteiger partial charge is 0.326 e. The van der Waals surface area contributed by atoms with E-state index in [1.54, 1.807) is 0 Å². The molecule has 0 aliphatic heterocycles. The minimum absolute atomic E-state index is 0.651. The van der Waals surface area contributed by atoms with Crippen molar-refractivity contribution in [1.29, 1.82) is 0 Å². The van der Waals surface area contributed by atoms with Crippen molar-refractivity contribution >= 4 is 11.8 Å². The maximum atomic E-state index is 5.74. The Labute approximate surface area is 97.4 Å². The molecule has 0 aliphatic carbocycles. The van der Waals surface area contributed by atoms with Crippen LogP contribution in [-0.4, -0.2) is 5.75 Å². The van der Waals surface area contributed by atoms with Crippen LogP contribution in [0.25, 0.3) is 0 Å². The van der Waals surface area contributed by atoms with Gasteiger partial charge in [-0.2, -0.15) is 0 Å². The van der Waals surface area contributed by atoms with Crippen LogP contribution in [0.15, 0.2) is 23.1 Å². The Morgan fingerprint density at radius 3 is 2.73 bits per heavy atom. The second-order valence-electron chi connectivity index (χ2n) is 3.82. The van der Waals surface area contributed by atoms with E-state index in [1.165, 1.54) is 41.0 Å². The molecule has 0 amide bonds. The number of hydrogen-bond acceptors (Lipinski definition) is 2. The van der Waals surface area contributed by atoms with E-state index >= 15 is 0 Å². The van der Waals surface area contributed by atoms with Crippen molar-refractivity contribution in [3.63, 3.8) is 0 Å². The summed E-state index contributed by atoms with van der Waals surface area (Å²) >= 11 is 1.96. The fourth-order valence-corrected chi connectivity index (χ4v) is 2.79. The number of aryl methyl sites for hydroxylation is 1. The van der Waals surface area contributed by atoms with Crippen molar-refractivity contribution in [2.75, 3.05) is 5.75 Å². The standard InChI is InChI=1S/C13H21NS/c1-3-4-5-9-15-13-11(2)7-6-8-12(13)10-14/h6-8H,3-5,9-10,14H2,1-2H3. The molecular formula is C13H21NS. The van der Waals surface area contributed by atoms with Crippen molar-refractivity contribution in [1.82, 2.24) is 0 Å². The first-order valence-corrected chi connectivity index (χ1v) is 6.69. The average Bonchev–Trinajstić information content (AvgIpc) is 2.26. The summed E-state index contributed by atoms with van der Waals surface area (Å²) in [6.07, 6.45) is 3.93. The Hall–Kier alpha value is -0.470. The lowest BCUT2D eigenvalue weighted by Crippen LogP contribution is -1.99. The molecule has 0 radical (unpaired) electrons. The van der Waals surface area contributed by atoms with Crippen LogP contribution in [0.1, 0.15) is 37.3 Å². The van der Waals surface area contributed by atoms with Gasteiger partial charge in [-0.25, -0.2) is 0 Å². The van der Waals surface area contributed by atoms with Crippen LogP contribution in [0.5, 0.6) is 0 Å². The van der Waals surface area contributed by atoms with Gasteiger partial charge in [0.25, 0.3) is 0 Å². The molecule has 1 aromatic rings. The maximum absolute atomic E-state index is 5.74. The molecule has 0 aliphatic rings. The van der Waals surface area contributed by atoms with Gasteiger partial charge in [0.2, 0.25) is 0 Å². The van der Waals surface area contributed by atoms with Crippen LogP contribution in [-0.2, 0) is 6.54 Å². The lowest BCUT2D eigenvalue weighted by Gasteiger charge is -2.10. The summed E-state index contributed by atoms with van der Waals surface area (Å²) in [5.41, 5.74) is 8.39. The number of thioether (sulfide) groups is 1. The van der Waals surface area contributed by atoms with Gasteiger partial charge in [0.15, 0.2) is 0 Å². The molecule has 0 aromatic heterocycles. The monoisotopic (exact) mass is 223 g/mol. The smallest absolute Gasteiger partial charge is 0.0189 e. The Morgan fingerprint density at radius 1 is 1.27 bits per heavy atom. The number of rotatable bonds is 6. The zero-order valence-electron chi connectivity index (χ0n) is 9.75. The van der Waals surface area contributed by atoms with Crippen LogP contribution >= 0.6 is 11.8 Å². The van der Waals surface area contributed by atoms with Crippen molar-refractivity contribution in [2.24, 2.45) is 5.73 Å².